The van der Waals surface area contributed by atoms with Crippen LogP contribution in [0.4, 0.5) is 0 Å². The van der Waals surface area contributed by atoms with E-state index in [4.69, 9.17) is 0 Å². The summed E-state index contributed by atoms with van der Waals surface area (Å²) in [5.41, 5.74) is 0. The fourth-order valence-corrected chi connectivity index (χ4v) is 3.19. The zero-order valence-corrected chi connectivity index (χ0v) is 12.1. The van der Waals surface area contributed by atoms with Crippen molar-refractivity contribution in [2.24, 2.45) is 5.92 Å². The second-order valence-electron chi connectivity index (χ2n) is 4.96. The molecule has 98 valence electrons. The van der Waals surface area contributed by atoms with Gasteiger partial charge in [0.05, 0.1) is 11.0 Å². The molecule has 1 N–H and O–H groups in total. The molecule has 0 aliphatic carbocycles. The van der Waals surface area contributed by atoms with Crippen LogP contribution in [0.2, 0.25) is 0 Å². The minimum absolute atomic E-state index is 0.193. The van der Waals surface area contributed by atoms with E-state index < -0.39 is 9.84 Å². The van der Waals surface area contributed by atoms with Gasteiger partial charge >= 0.3 is 0 Å². The molecule has 0 aromatic rings. The Morgan fingerprint density at radius 2 is 1.69 bits per heavy atom. The third-order valence-electron chi connectivity index (χ3n) is 3.11. The normalized spacial score (nSPS) is 16.4. The van der Waals surface area contributed by atoms with Crippen LogP contribution < -0.4 is 5.32 Å². The van der Waals surface area contributed by atoms with Crippen molar-refractivity contribution in [3.8, 4) is 0 Å². The van der Waals surface area contributed by atoms with E-state index >= 15 is 0 Å². The van der Waals surface area contributed by atoms with E-state index in [2.05, 4.69) is 19.2 Å². The number of sulfone groups is 1. The van der Waals surface area contributed by atoms with Crippen molar-refractivity contribution in [3.05, 3.63) is 0 Å². The first-order chi connectivity index (χ1) is 7.31. The molecule has 0 heterocycles. The average molecular weight is 249 g/mol. The van der Waals surface area contributed by atoms with Crippen molar-refractivity contribution in [1.29, 1.82) is 0 Å². The Labute approximate surface area is 101 Å². The van der Waals surface area contributed by atoms with Gasteiger partial charge in [0.25, 0.3) is 0 Å². The summed E-state index contributed by atoms with van der Waals surface area (Å²) in [6.45, 7) is 10.5. The molecule has 0 bridgehead atoms. The molecule has 0 aromatic carbocycles. The van der Waals surface area contributed by atoms with Gasteiger partial charge in [0.15, 0.2) is 9.84 Å². The molecule has 0 aromatic heterocycles. The maximum atomic E-state index is 11.9. The summed E-state index contributed by atoms with van der Waals surface area (Å²) < 4.78 is 23.7. The largest absolute Gasteiger partial charge is 0.313 e. The molecule has 0 radical (unpaired) electrons. The van der Waals surface area contributed by atoms with E-state index in [1.807, 2.05) is 13.8 Å². The van der Waals surface area contributed by atoms with E-state index in [9.17, 15) is 8.42 Å². The van der Waals surface area contributed by atoms with E-state index in [-0.39, 0.29) is 16.9 Å². The van der Waals surface area contributed by atoms with Crippen LogP contribution in [0, 0.1) is 5.92 Å². The molecule has 3 nitrogen and oxygen atoms in total. The standard InChI is InChI=1S/C12H27NO2S/c1-6-7-11(4)13-8-9-16(14,15)12(5)10(2)3/h10-13H,6-9H2,1-5H3. The predicted octanol–water partition coefficient (Wildman–Crippen LogP) is 2.22. The molecular weight excluding hydrogens is 222 g/mol. The SMILES string of the molecule is CCCC(C)NCCS(=O)(=O)C(C)C(C)C. The van der Waals surface area contributed by atoms with Gasteiger partial charge in [-0.2, -0.15) is 0 Å². The maximum Gasteiger partial charge on any atom is 0.154 e. The van der Waals surface area contributed by atoms with Gasteiger partial charge < -0.3 is 5.32 Å². The van der Waals surface area contributed by atoms with Crippen LogP contribution in [0.25, 0.3) is 0 Å². The van der Waals surface area contributed by atoms with Crippen molar-refractivity contribution in [3.63, 3.8) is 0 Å². The Balaban J connectivity index is 4.01. The topological polar surface area (TPSA) is 46.2 Å². The molecule has 0 saturated carbocycles. The molecule has 0 spiro atoms. The van der Waals surface area contributed by atoms with Crippen molar-refractivity contribution >= 4 is 9.84 Å². The fraction of sp³-hybridized carbons (Fsp3) is 1.00. The van der Waals surface area contributed by atoms with Crippen LogP contribution in [-0.4, -0.2) is 32.0 Å². The highest BCUT2D eigenvalue weighted by molar-refractivity contribution is 7.92. The third-order valence-corrected chi connectivity index (χ3v) is 5.56. The van der Waals surface area contributed by atoms with Gasteiger partial charge in [0.1, 0.15) is 0 Å². The van der Waals surface area contributed by atoms with E-state index in [1.165, 1.54) is 0 Å². The van der Waals surface area contributed by atoms with Crippen LogP contribution in [0.3, 0.4) is 0 Å². The van der Waals surface area contributed by atoms with Gasteiger partial charge in [-0.05, 0) is 26.2 Å². The van der Waals surface area contributed by atoms with Crippen molar-refractivity contribution in [1.82, 2.24) is 5.32 Å². The second-order valence-corrected chi connectivity index (χ2v) is 7.44. The third kappa shape index (κ3) is 5.85. The lowest BCUT2D eigenvalue weighted by Crippen LogP contribution is -2.34. The average Bonchev–Trinajstić information content (AvgIpc) is 2.16. The van der Waals surface area contributed by atoms with Crippen LogP contribution in [0.15, 0.2) is 0 Å². The lowest BCUT2D eigenvalue weighted by Gasteiger charge is -2.18. The molecule has 16 heavy (non-hydrogen) atoms. The molecule has 4 heteroatoms. The van der Waals surface area contributed by atoms with Gasteiger partial charge in [0.2, 0.25) is 0 Å². The Kier molecular flexibility index (Phi) is 7.24. The highest BCUT2D eigenvalue weighted by atomic mass is 32.2. The molecular formula is C12H27NO2S. The Morgan fingerprint density at radius 1 is 1.12 bits per heavy atom. The molecule has 0 amide bonds. The van der Waals surface area contributed by atoms with Gasteiger partial charge in [0, 0.05) is 12.6 Å². The zero-order valence-electron chi connectivity index (χ0n) is 11.3. The van der Waals surface area contributed by atoms with Crippen LogP contribution in [-0.2, 0) is 9.84 Å². The predicted molar refractivity (Wildman–Crippen MR) is 70.5 cm³/mol. The highest BCUT2D eigenvalue weighted by Gasteiger charge is 2.23. The molecule has 0 saturated heterocycles. The maximum absolute atomic E-state index is 11.9. The van der Waals surface area contributed by atoms with Crippen molar-refractivity contribution in [2.75, 3.05) is 12.3 Å². The smallest absolute Gasteiger partial charge is 0.154 e. The van der Waals surface area contributed by atoms with Gasteiger partial charge in [-0.25, -0.2) is 8.42 Å². The van der Waals surface area contributed by atoms with E-state index in [0.29, 0.717) is 12.6 Å². The summed E-state index contributed by atoms with van der Waals surface area (Å²) >= 11 is 0. The van der Waals surface area contributed by atoms with Gasteiger partial charge in [-0.1, -0.05) is 27.2 Å². The van der Waals surface area contributed by atoms with Gasteiger partial charge in [-0.15, -0.1) is 0 Å². The first-order valence-electron chi connectivity index (χ1n) is 6.26. The molecule has 0 aliphatic rings. The number of hydrogen-bond donors (Lipinski definition) is 1. The van der Waals surface area contributed by atoms with Crippen molar-refractivity contribution < 1.29 is 8.42 Å². The van der Waals surface area contributed by atoms with Crippen LogP contribution in [0.5, 0.6) is 0 Å². The Hall–Kier alpha value is -0.0900. The summed E-state index contributed by atoms with van der Waals surface area (Å²) in [5, 5.41) is 3.01. The minimum Gasteiger partial charge on any atom is -0.313 e. The zero-order chi connectivity index (χ0) is 12.8. The van der Waals surface area contributed by atoms with E-state index in [0.717, 1.165) is 12.8 Å². The van der Waals surface area contributed by atoms with Crippen molar-refractivity contribution in [2.45, 2.75) is 58.8 Å². The summed E-state index contributed by atoms with van der Waals surface area (Å²) in [6.07, 6.45) is 2.23. The minimum atomic E-state index is -2.93. The first-order valence-corrected chi connectivity index (χ1v) is 7.97. The number of hydrogen-bond acceptors (Lipinski definition) is 3. The lowest BCUT2D eigenvalue weighted by atomic mass is 10.2. The number of nitrogens with one attached hydrogen (secondary N) is 1. The van der Waals surface area contributed by atoms with Crippen LogP contribution in [0.1, 0.15) is 47.5 Å². The van der Waals surface area contributed by atoms with Gasteiger partial charge in [-0.3, -0.25) is 0 Å². The molecule has 0 rings (SSSR count). The van der Waals surface area contributed by atoms with E-state index in [1.54, 1.807) is 6.92 Å². The molecule has 2 atom stereocenters. The highest BCUT2D eigenvalue weighted by Crippen LogP contribution is 2.11. The molecule has 0 fully saturated rings. The number of rotatable bonds is 8. The Morgan fingerprint density at radius 3 is 2.12 bits per heavy atom. The quantitative estimate of drug-likeness (QED) is 0.717. The first kappa shape index (κ1) is 15.9. The molecule has 0 aliphatic heterocycles. The summed E-state index contributed by atoms with van der Waals surface area (Å²) in [6, 6.07) is 0.412. The molecule has 2 unspecified atom stereocenters. The van der Waals surface area contributed by atoms with Crippen LogP contribution >= 0.6 is 0 Å². The monoisotopic (exact) mass is 249 g/mol. The Bertz CT molecular complexity index is 273. The summed E-state index contributed by atoms with van der Waals surface area (Å²) in [7, 11) is -2.93. The second kappa shape index (κ2) is 7.28. The summed E-state index contributed by atoms with van der Waals surface area (Å²) in [4.78, 5) is 0. The fourth-order valence-electron chi connectivity index (χ4n) is 1.58. The lowest BCUT2D eigenvalue weighted by molar-refractivity contribution is 0.513. The summed E-state index contributed by atoms with van der Waals surface area (Å²) in [5.74, 6) is 0.443.